The summed E-state index contributed by atoms with van der Waals surface area (Å²) in [6, 6.07) is 1.40. The van der Waals surface area contributed by atoms with E-state index in [0.29, 0.717) is 21.9 Å². The molecule has 0 unspecified atom stereocenters. The van der Waals surface area contributed by atoms with Gasteiger partial charge in [-0.1, -0.05) is 0 Å². The number of nitrogen functional groups attached to an aromatic ring is 1. The largest absolute Gasteiger partial charge is 0.443 e. The fraction of sp³-hybridized carbons (Fsp3) is 0.125. The molecular formula is C8H5F3N4S. The van der Waals surface area contributed by atoms with Crippen molar-refractivity contribution < 1.29 is 13.2 Å². The number of rotatable bonds is 1. The van der Waals surface area contributed by atoms with Gasteiger partial charge in [-0.25, -0.2) is 15.0 Å². The second-order valence-electron chi connectivity index (χ2n) is 2.86. The molecular weight excluding hydrogens is 241 g/mol. The van der Waals surface area contributed by atoms with Crippen LogP contribution in [0.4, 0.5) is 19.0 Å². The van der Waals surface area contributed by atoms with Gasteiger partial charge in [-0.05, 0) is 0 Å². The van der Waals surface area contributed by atoms with Gasteiger partial charge in [-0.3, -0.25) is 0 Å². The van der Waals surface area contributed by atoms with Gasteiger partial charge in [-0.15, -0.1) is 11.3 Å². The first-order chi connectivity index (χ1) is 7.47. The normalized spacial score (nSPS) is 11.7. The first-order valence-electron chi connectivity index (χ1n) is 4.08. The lowest BCUT2D eigenvalue weighted by atomic mass is 10.3. The highest BCUT2D eigenvalue weighted by Gasteiger charge is 2.34. The molecule has 4 nitrogen and oxygen atoms in total. The fourth-order valence-corrected chi connectivity index (χ4v) is 1.78. The Bertz CT molecular complexity index is 508. The Balaban J connectivity index is 2.39. The van der Waals surface area contributed by atoms with Gasteiger partial charge in [0.1, 0.15) is 12.1 Å². The quantitative estimate of drug-likeness (QED) is 0.837. The fourth-order valence-electron chi connectivity index (χ4n) is 1.03. The zero-order chi connectivity index (χ0) is 11.8. The number of nitrogens with zero attached hydrogens (tertiary/aromatic N) is 3. The van der Waals surface area contributed by atoms with Crippen LogP contribution in [0.5, 0.6) is 0 Å². The second-order valence-corrected chi connectivity index (χ2v) is 3.89. The minimum atomic E-state index is -4.43. The van der Waals surface area contributed by atoms with E-state index in [0.717, 1.165) is 6.20 Å². The van der Waals surface area contributed by atoms with Crippen LogP contribution in [0.15, 0.2) is 18.6 Å². The number of alkyl halides is 3. The Morgan fingerprint density at radius 2 is 1.94 bits per heavy atom. The molecule has 0 saturated heterocycles. The highest BCUT2D eigenvalue weighted by molar-refractivity contribution is 7.15. The summed E-state index contributed by atoms with van der Waals surface area (Å²) >= 11 is 0.520. The molecule has 2 rings (SSSR count). The minimum Gasteiger partial charge on any atom is -0.384 e. The third-order valence-electron chi connectivity index (χ3n) is 1.69. The third kappa shape index (κ3) is 2.11. The number of thiazole rings is 1. The lowest BCUT2D eigenvalue weighted by Gasteiger charge is -1.99. The molecule has 0 radical (unpaired) electrons. The van der Waals surface area contributed by atoms with Crippen molar-refractivity contribution in [3.05, 3.63) is 23.6 Å². The van der Waals surface area contributed by atoms with Crippen LogP contribution in [0.25, 0.3) is 10.6 Å². The van der Waals surface area contributed by atoms with Crippen molar-refractivity contribution in [2.45, 2.75) is 6.18 Å². The van der Waals surface area contributed by atoms with Gasteiger partial charge in [0.25, 0.3) is 0 Å². The molecule has 0 atom stereocenters. The summed E-state index contributed by atoms with van der Waals surface area (Å²) in [6.07, 6.45) is -2.12. The molecule has 0 aliphatic heterocycles. The lowest BCUT2D eigenvalue weighted by Crippen LogP contribution is -2.02. The van der Waals surface area contributed by atoms with Crippen molar-refractivity contribution in [2.75, 3.05) is 5.73 Å². The summed E-state index contributed by atoms with van der Waals surface area (Å²) in [5.41, 5.74) is 5.73. The topological polar surface area (TPSA) is 64.7 Å². The lowest BCUT2D eigenvalue weighted by molar-refractivity contribution is -0.137. The van der Waals surface area contributed by atoms with Crippen LogP contribution in [0, 0.1) is 0 Å². The Morgan fingerprint density at radius 3 is 2.50 bits per heavy atom. The summed E-state index contributed by atoms with van der Waals surface area (Å²) in [4.78, 5) is 11.1. The Hall–Kier alpha value is -1.70. The summed E-state index contributed by atoms with van der Waals surface area (Å²) < 4.78 is 36.9. The third-order valence-corrected chi connectivity index (χ3v) is 2.75. The molecule has 16 heavy (non-hydrogen) atoms. The molecule has 84 valence electrons. The van der Waals surface area contributed by atoms with Crippen LogP contribution in [0.2, 0.25) is 0 Å². The molecule has 0 amide bonds. The number of halogens is 3. The number of nitrogens with two attached hydrogens (primary N) is 1. The number of hydrogen-bond donors (Lipinski definition) is 1. The molecule has 0 spiro atoms. The van der Waals surface area contributed by atoms with Crippen molar-refractivity contribution in [3.63, 3.8) is 0 Å². The molecule has 2 heterocycles. The Kier molecular flexibility index (Phi) is 2.50. The molecule has 8 heteroatoms. The maximum Gasteiger partial charge on any atom is 0.443 e. The molecule has 0 aliphatic rings. The van der Waals surface area contributed by atoms with Gasteiger partial charge < -0.3 is 5.73 Å². The SMILES string of the molecule is Nc1cc(-c2cnc(C(F)(F)F)s2)ncn1. The van der Waals surface area contributed by atoms with Crippen molar-refractivity contribution >= 4 is 17.2 Å². The molecule has 0 aromatic carbocycles. The van der Waals surface area contributed by atoms with Crippen molar-refractivity contribution in [3.8, 4) is 10.6 Å². The monoisotopic (exact) mass is 246 g/mol. The predicted octanol–water partition coefficient (Wildman–Crippen LogP) is 2.20. The maximum absolute atomic E-state index is 12.3. The van der Waals surface area contributed by atoms with Crippen molar-refractivity contribution in [1.29, 1.82) is 0 Å². The van der Waals surface area contributed by atoms with E-state index in [4.69, 9.17) is 5.73 Å². The van der Waals surface area contributed by atoms with Gasteiger partial charge in [0.2, 0.25) is 0 Å². The molecule has 0 saturated carbocycles. The average molecular weight is 246 g/mol. The molecule has 0 bridgehead atoms. The van der Waals surface area contributed by atoms with Gasteiger partial charge in [0.15, 0.2) is 5.01 Å². The van der Waals surface area contributed by atoms with E-state index in [1.807, 2.05) is 0 Å². The van der Waals surface area contributed by atoms with Crippen LogP contribution in [-0.4, -0.2) is 15.0 Å². The zero-order valence-corrected chi connectivity index (χ0v) is 8.51. The smallest absolute Gasteiger partial charge is 0.384 e. The van der Waals surface area contributed by atoms with E-state index in [1.165, 1.54) is 12.4 Å². The summed E-state index contributed by atoms with van der Waals surface area (Å²) in [5, 5.41) is -0.903. The zero-order valence-electron chi connectivity index (χ0n) is 7.69. The highest BCUT2D eigenvalue weighted by atomic mass is 32.1. The molecule has 2 aromatic rings. The van der Waals surface area contributed by atoms with E-state index in [-0.39, 0.29) is 5.82 Å². The summed E-state index contributed by atoms with van der Waals surface area (Å²) in [7, 11) is 0. The van der Waals surface area contributed by atoms with Gasteiger partial charge >= 0.3 is 6.18 Å². The predicted molar refractivity (Wildman–Crippen MR) is 52.6 cm³/mol. The first-order valence-corrected chi connectivity index (χ1v) is 4.89. The van der Waals surface area contributed by atoms with Gasteiger partial charge in [0.05, 0.1) is 10.6 Å². The number of hydrogen-bond acceptors (Lipinski definition) is 5. The minimum absolute atomic E-state index is 0.201. The van der Waals surface area contributed by atoms with E-state index in [9.17, 15) is 13.2 Å². The van der Waals surface area contributed by atoms with Gasteiger partial charge in [-0.2, -0.15) is 13.2 Å². The van der Waals surface area contributed by atoms with Crippen LogP contribution in [0.3, 0.4) is 0 Å². The van der Waals surface area contributed by atoms with Crippen LogP contribution in [0.1, 0.15) is 5.01 Å². The molecule has 2 N–H and O–H groups in total. The average Bonchev–Trinajstić information content (AvgIpc) is 2.65. The first kappa shape index (κ1) is 10.8. The van der Waals surface area contributed by atoms with E-state index < -0.39 is 11.2 Å². The Morgan fingerprint density at radius 1 is 1.19 bits per heavy atom. The molecule has 0 aliphatic carbocycles. The van der Waals surface area contributed by atoms with Crippen molar-refractivity contribution in [1.82, 2.24) is 15.0 Å². The number of anilines is 1. The standard InChI is InChI=1S/C8H5F3N4S/c9-8(10,11)7-13-2-5(16-7)4-1-6(12)15-3-14-4/h1-3H,(H2,12,14,15). The van der Waals surface area contributed by atoms with E-state index in [2.05, 4.69) is 15.0 Å². The van der Waals surface area contributed by atoms with Crippen LogP contribution in [-0.2, 0) is 6.18 Å². The van der Waals surface area contributed by atoms with Crippen LogP contribution < -0.4 is 5.73 Å². The van der Waals surface area contributed by atoms with E-state index >= 15 is 0 Å². The Labute approximate surface area is 92.0 Å². The van der Waals surface area contributed by atoms with E-state index in [1.54, 1.807) is 0 Å². The second kappa shape index (κ2) is 3.71. The maximum atomic E-state index is 12.3. The molecule has 2 aromatic heterocycles. The number of aromatic nitrogens is 3. The summed E-state index contributed by atoms with van der Waals surface area (Å²) in [6.45, 7) is 0. The summed E-state index contributed by atoms with van der Waals surface area (Å²) in [5.74, 6) is 0.201. The van der Waals surface area contributed by atoms with Crippen LogP contribution >= 0.6 is 11.3 Å². The molecule has 0 fully saturated rings. The highest BCUT2D eigenvalue weighted by Crippen LogP contribution is 2.35. The van der Waals surface area contributed by atoms with Gasteiger partial charge in [0, 0.05) is 12.3 Å². The van der Waals surface area contributed by atoms with Crippen molar-refractivity contribution in [2.24, 2.45) is 0 Å².